The molecule has 2 rings (SSSR count). The zero-order valence-corrected chi connectivity index (χ0v) is 10.5. The van der Waals surface area contributed by atoms with Crippen LogP contribution in [0.4, 0.5) is 0 Å². The van der Waals surface area contributed by atoms with Gasteiger partial charge >= 0.3 is 0 Å². The molecule has 0 heterocycles. The van der Waals surface area contributed by atoms with E-state index < -0.39 is 0 Å². The zero-order valence-electron chi connectivity index (χ0n) is 8.92. The Labute approximate surface area is 101 Å². The van der Waals surface area contributed by atoms with E-state index in [1.165, 1.54) is 23.3 Å². The Bertz CT molecular complexity index is 336. The second-order valence-corrected chi connectivity index (χ2v) is 5.58. The summed E-state index contributed by atoms with van der Waals surface area (Å²) < 4.78 is 0. The Hall–Kier alpha value is -0.180. The van der Waals surface area contributed by atoms with E-state index in [9.17, 15) is 0 Å². The maximum absolute atomic E-state index is 5.99. The molecule has 0 atom stereocenters. The van der Waals surface area contributed by atoms with Crippen LogP contribution in [0.3, 0.4) is 0 Å². The molecule has 1 aliphatic rings. The van der Waals surface area contributed by atoms with Crippen LogP contribution >= 0.6 is 23.4 Å². The van der Waals surface area contributed by atoms with E-state index >= 15 is 0 Å². The summed E-state index contributed by atoms with van der Waals surface area (Å²) in [5, 5.41) is 4.37. The van der Waals surface area contributed by atoms with Crippen molar-refractivity contribution in [2.75, 3.05) is 5.75 Å². The third-order valence-corrected chi connectivity index (χ3v) is 3.70. The van der Waals surface area contributed by atoms with Crippen LogP contribution in [-0.2, 0) is 6.54 Å². The van der Waals surface area contributed by atoms with Gasteiger partial charge in [0.2, 0.25) is 0 Å². The van der Waals surface area contributed by atoms with Gasteiger partial charge in [-0.3, -0.25) is 0 Å². The standard InChI is InChI=1S/C12H16ClNS/c1-2-15-12-7-10(13)4-3-9(12)8-14-11-5-6-11/h3-4,7,11,14H,2,5-6,8H2,1H3. The summed E-state index contributed by atoms with van der Waals surface area (Å²) >= 11 is 7.86. The van der Waals surface area contributed by atoms with Gasteiger partial charge in [-0.15, -0.1) is 11.8 Å². The smallest absolute Gasteiger partial charge is 0.0417 e. The highest BCUT2D eigenvalue weighted by atomic mass is 35.5. The third-order valence-electron chi connectivity index (χ3n) is 2.49. The van der Waals surface area contributed by atoms with Crippen molar-refractivity contribution in [1.29, 1.82) is 0 Å². The van der Waals surface area contributed by atoms with Gasteiger partial charge in [0, 0.05) is 22.5 Å². The van der Waals surface area contributed by atoms with E-state index in [4.69, 9.17) is 11.6 Å². The largest absolute Gasteiger partial charge is 0.310 e. The van der Waals surface area contributed by atoms with Crippen molar-refractivity contribution in [1.82, 2.24) is 5.32 Å². The van der Waals surface area contributed by atoms with Gasteiger partial charge < -0.3 is 5.32 Å². The fraction of sp³-hybridized carbons (Fsp3) is 0.500. The molecule has 0 bridgehead atoms. The number of hydrogen-bond acceptors (Lipinski definition) is 2. The van der Waals surface area contributed by atoms with Gasteiger partial charge in [-0.1, -0.05) is 24.6 Å². The fourth-order valence-corrected chi connectivity index (χ4v) is 2.59. The number of benzene rings is 1. The molecule has 1 saturated carbocycles. The predicted molar refractivity (Wildman–Crippen MR) is 67.7 cm³/mol. The monoisotopic (exact) mass is 241 g/mol. The first kappa shape index (κ1) is 11.3. The van der Waals surface area contributed by atoms with E-state index in [0.29, 0.717) is 0 Å². The predicted octanol–water partition coefficient (Wildman–Crippen LogP) is 3.70. The zero-order chi connectivity index (χ0) is 10.7. The Balaban J connectivity index is 2.04. The first-order valence-electron chi connectivity index (χ1n) is 5.44. The van der Waals surface area contributed by atoms with E-state index in [2.05, 4.69) is 24.4 Å². The summed E-state index contributed by atoms with van der Waals surface area (Å²) in [7, 11) is 0. The van der Waals surface area contributed by atoms with Crippen molar-refractivity contribution >= 4 is 23.4 Å². The quantitative estimate of drug-likeness (QED) is 0.789. The summed E-state index contributed by atoms with van der Waals surface area (Å²) in [5.74, 6) is 1.09. The highest BCUT2D eigenvalue weighted by molar-refractivity contribution is 7.99. The van der Waals surface area contributed by atoms with E-state index in [1.807, 2.05) is 17.8 Å². The number of halogens is 1. The maximum atomic E-state index is 5.99. The Morgan fingerprint density at radius 2 is 2.27 bits per heavy atom. The van der Waals surface area contributed by atoms with Crippen molar-refractivity contribution in [3.63, 3.8) is 0 Å². The van der Waals surface area contributed by atoms with Gasteiger partial charge in [0.05, 0.1) is 0 Å². The number of hydrogen-bond donors (Lipinski definition) is 1. The fourth-order valence-electron chi connectivity index (χ4n) is 1.51. The van der Waals surface area contributed by atoms with Crippen LogP contribution in [0.15, 0.2) is 23.1 Å². The van der Waals surface area contributed by atoms with Gasteiger partial charge in [0.1, 0.15) is 0 Å². The van der Waals surface area contributed by atoms with Crippen LogP contribution in [0.5, 0.6) is 0 Å². The molecule has 0 amide bonds. The molecular weight excluding hydrogens is 226 g/mol. The minimum Gasteiger partial charge on any atom is -0.310 e. The molecule has 82 valence electrons. The van der Waals surface area contributed by atoms with Crippen LogP contribution in [0.25, 0.3) is 0 Å². The molecule has 0 radical (unpaired) electrons. The Morgan fingerprint density at radius 1 is 1.47 bits per heavy atom. The minimum atomic E-state index is 0.764. The molecule has 1 aromatic rings. The average molecular weight is 242 g/mol. The Kier molecular flexibility index (Phi) is 3.95. The van der Waals surface area contributed by atoms with Crippen molar-refractivity contribution in [3.05, 3.63) is 28.8 Å². The lowest BCUT2D eigenvalue weighted by atomic mass is 10.2. The molecule has 15 heavy (non-hydrogen) atoms. The van der Waals surface area contributed by atoms with Crippen LogP contribution in [0, 0.1) is 0 Å². The highest BCUT2D eigenvalue weighted by Gasteiger charge is 2.20. The lowest BCUT2D eigenvalue weighted by Gasteiger charge is -2.09. The topological polar surface area (TPSA) is 12.0 Å². The van der Waals surface area contributed by atoms with Gasteiger partial charge in [-0.05, 0) is 36.3 Å². The number of rotatable bonds is 5. The SMILES string of the molecule is CCSc1cc(Cl)ccc1CNC1CC1. The minimum absolute atomic E-state index is 0.764. The lowest BCUT2D eigenvalue weighted by molar-refractivity contribution is 0.680. The number of thioether (sulfide) groups is 1. The normalized spacial score (nSPS) is 15.6. The average Bonchev–Trinajstić information content (AvgIpc) is 3.01. The molecule has 1 N–H and O–H groups in total. The molecule has 0 saturated heterocycles. The van der Waals surface area contributed by atoms with Crippen LogP contribution in [0.2, 0.25) is 5.02 Å². The van der Waals surface area contributed by atoms with E-state index in [1.54, 1.807) is 0 Å². The van der Waals surface area contributed by atoms with Gasteiger partial charge in [0.15, 0.2) is 0 Å². The molecule has 1 aliphatic carbocycles. The first-order valence-corrected chi connectivity index (χ1v) is 6.80. The third kappa shape index (κ3) is 3.40. The van der Waals surface area contributed by atoms with E-state index in [0.717, 1.165) is 23.4 Å². The first-order chi connectivity index (χ1) is 7.29. The molecule has 0 aliphatic heterocycles. The van der Waals surface area contributed by atoms with Crippen molar-refractivity contribution < 1.29 is 0 Å². The summed E-state index contributed by atoms with van der Waals surface area (Å²) in [6.07, 6.45) is 2.67. The Morgan fingerprint density at radius 3 is 2.93 bits per heavy atom. The summed E-state index contributed by atoms with van der Waals surface area (Å²) in [5.41, 5.74) is 1.37. The lowest BCUT2D eigenvalue weighted by Crippen LogP contribution is -2.15. The molecule has 0 aromatic heterocycles. The summed E-state index contributed by atoms with van der Waals surface area (Å²) in [6.45, 7) is 3.15. The van der Waals surface area contributed by atoms with Crippen molar-refractivity contribution in [3.8, 4) is 0 Å². The molecule has 0 unspecified atom stereocenters. The van der Waals surface area contributed by atoms with Gasteiger partial charge in [0.25, 0.3) is 0 Å². The second kappa shape index (κ2) is 5.24. The molecule has 1 nitrogen and oxygen atoms in total. The van der Waals surface area contributed by atoms with Crippen molar-refractivity contribution in [2.45, 2.75) is 37.2 Å². The molecular formula is C12H16ClNS. The second-order valence-electron chi connectivity index (χ2n) is 3.84. The van der Waals surface area contributed by atoms with Gasteiger partial charge in [-0.2, -0.15) is 0 Å². The number of nitrogens with one attached hydrogen (secondary N) is 1. The van der Waals surface area contributed by atoms with Crippen LogP contribution in [-0.4, -0.2) is 11.8 Å². The van der Waals surface area contributed by atoms with Crippen molar-refractivity contribution in [2.24, 2.45) is 0 Å². The molecule has 1 fully saturated rings. The molecule has 0 spiro atoms. The molecule has 3 heteroatoms. The van der Waals surface area contributed by atoms with Crippen LogP contribution < -0.4 is 5.32 Å². The maximum Gasteiger partial charge on any atom is 0.0417 e. The van der Waals surface area contributed by atoms with E-state index in [-0.39, 0.29) is 0 Å². The summed E-state index contributed by atoms with van der Waals surface area (Å²) in [4.78, 5) is 1.32. The summed E-state index contributed by atoms with van der Waals surface area (Å²) in [6, 6.07) is 6.95. The highest BCUT2D eigenvalue weighted by Crippen LogP contribution is 2.27. The van der Waals surface area contributed by atoms with Crippen LogP contribution in [0.1, 0.15) is 25.3 Å². The van der Waals surface area contributed by atoms with Gasteiger partial charge in [-0.25, -0.2) is 0 Å². The molecule has 1 aromatic carbocycles.